The second-order valence-corrected chi connectivity index (χ2v) is 9.02. The largest absolute Gasteiger partial charge is 0.310 e. The first kappa shape index (κ1) is 13.3. The summed E-state index contributed by atoms with van der Waals surface area (Å²) in [5.41, 5.74) is 1.11. The first-order chi connectivity index (χ1) is 8.45. The van der Waals surface area contributed by atoms with Crippen molar-refractivity contribution in [2.75, 3.05) is 6.26 Å². The lowest BCUT2D eigenvalue weighted by Crippen LogP contribution is -2.53. The molecule has 0 spiro atoms. The van der Waals surface area contributed by atoms with Crippen molar-refractivity contribution in [2.24, 2.45) is 16.7 Å². The van der Waals surface area contributed by atoms with Crippen LogP contribution in [0.3, 0.4) is 0 Å². The third-order valence-electron chi connectivity index (χ3n) is 6.39. The molecule has 3 saturated carbocycles. The maximum Gasteiger partial charge on any atom is 0.0177 e. The fourth-order valence-electron chi connectivity index (χ4n) is 5.26. The van der Waals surface area contributed by atoms with Gasteiger partial charge in [0.25, 0.3) is 0 Å². The van der Waals surface area contributed by atoms with E-state index in [9.17, 15) is 0 Å². The first-order valence-corrected chi connectivity index (χ1v) is 9.03. The van der Waals surface area contributed by atoms with Gasteiger partial charge >= 0.3 is 0 Å². The lowest BCUT2D eigenvalue weighted by Gasteiger charge is -2.44. The minimum absolute atomic E-state index is 0.518. The number of hydrogen-bond acceptors (Lipinski definition) is 2. The predicted octanol–water partition coefficient (Wildman–Crippen LogP) is 4.07. The fourth-order valence-corrected chi connectivity index (χ4v) is 6.06. The monoisotopic (exact) mass is 267 g/mol. The maximum absolute atomic E-state index is 4.09. The van der Waals surface area contributed by atoms with Crippen LogP contribution in [0.1, 0.15) is 59.3 Å². The summed E-state index contributed by atoms with van der Waals surface area (Å²) in [6.07, 6.45) is 10.9. The van der Waals surface area contributed by atoms with Gasteiger partial charge < -0.3 is 5.32 Å². The molecule has 3 unspecified atom stereocenters. The lowest BCUT2D eigenvalue weighted by atomic mass is 9.68. The molecule has 0 radical (unpaired) electrons. The molecule has 104 valence electrons. The molecule has 3 aliphatic rings. The van der Waals surface area contributed by atoms with Crippen molar-refractivity contribution in [3.63, 3.8) is 0 Å². The zero-order valence-corrected chi connectivity index (χ0v) is 13.3. The third-order valence-corrected chi connectivity index (χ3v) is 7.48. The Bertz CT molecular complexity index is 322. The Morgan fingerprint density at radius 2 is 1.89 bits per heavy atom. The zero-order chi connectivity index (χ0) is 13.0. The molecule has 2 heteroatoms. The molecule has 0 saturated heterocycles. The van der Waals surface area contributed by atoms with Crippen LogP contribution in [0.2, 0.25) is 0 Å². The van der Waals surface area contributed by atoms with E-state index < -0.39 is 0 Å². The number of fused-ring (bicyclic) bond motifs is 2. The van der Waals surface area contributed by atoms with E-state index in [4.69, 9.17) is 0 Å². The standard InChI is InChI=1S/C16H29NS/c1-15(2)11-7-8-16(3,10-11)14(15)17-12-5-6-13(9-12)18-4/h11-14,17H,5-10H2,1-4H3/t11-,12?,13?,14?,16+/m0/s1. The highest BCUT2D eigenvalue weighted by molar-refractivity contribution is 7.99. The first-order valence-electron chi connectivity index (χ1n) is 7.74. The van der Waals surface area contributed by atoms with Crippen molar-refractivity contribution >= 4 is 11.8 Å². The highest BCUT2D eigenvalue weighted by atomic mass is 32.2. The van der Waals surface area contributed by atoms with Gasteiger partial charge in [-0.05, 0) is 61.5 Å². The van der Waals surface area contributed by atoms with Gasteiger partial charge in [-0.25, -0.2) is 0 Å². The average Bonchev–Trinajstić information content (AvgIpc) is 2.95. The highest BCUT2D eigenvalue weighted by Gasteiger charge is 2.59. The van der Waals surface area contributed by atoms with Crippen molar-refractivity contribution in [2.45, 2.75) is 76.6 Å². The zero-order valence-electron chi connectivity index (χ0n) is 12.5. The fraction of sp³-hybridized carbons (Fsp3) is 1.00. The predicted molar refractivity (Wildman–Crippen MR) is 81.1 cm³/mol. The van der Waals surface area contributed by atoms with E-state index in [1.54, 1.807) is 0 Å². The molecule has 0 aliphatic heterocycles. The number of thioether (sulfide) groups is 1. The molecule has 0 heterocycles. The Labute approximate surface area is 117 Å². The van der Waals surface area contributed by atoms with Crippen molar-refractivity contribution in [1.82, 2.24) is 5.32 Å². The Hall–Kier alpha value is 0.310. The van der Waals surface area contributed by atoms with E-state index in [1.165, 1.54) is 38.5 Å². The van der Waals surface area contributed by atoms with Crippen LogP contribution in [0.15, 0.2) is 0 Å². The molecule has 2 bridgehead atoms. The summed E-state index contributed by atoms with van der Waals surface area (Å²) in [6, 6.07) is 1.55. The second-order valence-electron chi connectivity index (χ2n) is 7.88. The minimum atomic E-state index is 0.518. The molecule has 1 nitrogen and oxygen atoms in total. The lowest BCUT2D eigenvalue weighted by molar-refractivity contribution is 0.0989. The summed E-state index contributed by atoms with van der Waals surface area (Å²) in [5, 5.41) is 5.00. The Morgan fingerprint density at radius 3 is 2.44 bits per heavy atom. The molecule has 0 aromatic heterocycles. The summed E-state index contributed by atoms with van der Waals surface area (Å²) in [5.74, 6) is 0.970. The Morgan fingerprint density at radius 1 is 1.11 bits per heavy atom. The summed E-state index contributed by atoms with van der Waals surface area (Å²) < 4.78 is 0. The van der Waals surface area contributed by atoms with Gasteiger partial charge in [0.05, 0.1) is 0 Å². The topological polar surface area (TPSA) is 12.0 Å². The van der Waals surface area contributed by atoms with Crippen molar-refractivity contribution in [1.29, 1.82) is 0 Å². The molecule has 5 atom stereocenters. The van der Waals surface area contributed by atoms with Gasteiger partial charge in [0.2, 0.25) is 0 Å². The van der Waals surface area contributed by atoms with Crippen molar-refractivity contribution < 1.29 is 0 Å². The SMILES string of the molecule is CSC1CCC(NC2C(C)(C)[C@H]3CC[C@]2(C)C3)C1. The second kappa shape index (κ2) is 4.41. The summed E-state index contributed by atoms with van der Waals surface area (Å²) >= 11 is 2.07. The number of nitrogens with one attached hydrogen (secondary N) is 1. The number of rotatable bonds is 3. The van der Waals surface area contributed by atoms with Gasteiger partial charge in [-0.1, -0.05) is 20.8 Å². The van der Waals surface area contributed by atoms with Crippen LogP contribution < -0.4 is 5.32 Å². The normalized spacial score (nSPS) is 50.0. The van der Waals surface area contributed by atoms with Crippen LogP contribution in [0.5, 0.6) is 0 Å². The van der Waals surface area contributed by atoms with Gasteiger partial charge in [-0.3, -0.25) is 0 Å². The molecular weight excluding hydrogens is 238 g/mol. The molecule has 0 amide bonds. The van der Waals surface area contributed by atoms with E-state index in [0.29, 0.717) is 10.8 Å². The van der Waals surface area contributed by atoms with Crippen molar-refractivity contribution in [3.8, 4) is 0 Å². The van der Waals surface area contributed by atoms with Crippen LogP contribution in [0.4, 0.5) is 0 Å². The highest BCUT2D eigenvalue weighted by Crippen LogP contribution is 2.62. The molecule has 0 aromatic rings. The average molecular weight is 267 g/mol. The third kappa shape index (κ3) is 1.95. The summed E-state index contributed by atoms with van der Waals surface area (Å²) in [4.78, 5) is 0. The Balaban J connectivity index is 1.69. The Kier molecular flexibility index (Phi) is 3.26. The van der Waals surface area contributed by atoms with Gasteiger partial charge in [0, 0.05) is 17.3 Å². The molecule has 1 N–H and O–H groups in total. The molecule has 3 rings (SSSR count). The smallest absolute Gasteiger partial charge is 0.0177 e. The van der Waals surface area contributed by atoms with Crippen LogP contribution in [-0.4, -0.2) is 23.6 Å². The summed E-state index contributed by atoms with van der Waals surface area (Å²) in [7, 11) is 0. The van der Waals surface area contributed by atoms with Gasteiger partial charge in [0.1, 0.15) is 0 Å². The molecule has 3 fully saturated rings. The minimum Gasteiger partial charge on any atom is -0.310 e. The van der Waals surface area contributed by atoms with Gasteiger partial charge in [0.15, 0.2) is 0 Å². The molecular formula is C16H29NS. The molecule has 18 heavy (non-hydrogen) atoms. The number of hydrogen-bond donors (Lipinski definition) is 1. The van der Waals surface area contributed by atoms with Gasteiger partial charge in [-0.2, -0.15) is 11.8 Å². The summed E-state index contributed by atoms with van der Waals surface area (Å²) in [6.45, 7) is 7.57. The van der Waals surface area contributed by atoms with Gasteiger partial charge in [-0.15, -0.1) is 0 Å². The van der Waals surface area contributed by atoms with Crippen molar-refractivity contribution in [3.05, 3.63) is 0 Å². The quantitative estimate of drug-likeness (QED) is 0.827. The van der Waals surface area contributed by atoms with E-state index in [1.807, 2.05) is 0 Å². The van der Waals surface area contributed by atoms with Crippen LogP contribution >= 0.6 is 11.8 Å². The molecule has 3 aliphatic carbocycles. The molecule has 0 aromatic carbocycles. The van der Waals surface area contributed by atoms with E-state index >= 15 is 0 Å². The van der Waals surface area contributed by atoms with E-state index in [2.05, 4.69) is 44.1 Å². The van der Waals surface area contributed by atoms with Crippen LogP contribution in [0, 0.1) is 16.7 Å². The van der Waals surface area contributed by atoms with Crippen LogP contribution in [-0.2, 0) is 0 Å². The van der Waals surface area contributed by atoms with E-state index in [0.717, 1.165) is 23.3 Å². The van der Waals surface area contributed by atoms with E-state index in [-0.39, 0.29) is 0 Å². The van der Waals surface area contributed by atoms with Crippen LogP contribution in [0.25, 0.3) is 0 Å². The maximum atomic E-state index is 4.09.